The van der Waals surface area contributed by atoms with Gasteiger partial charge in [-0.3, -0.25) is 0 Å². The fourth-order valence-electron chi connectivity index (χ4n) is 6.35. The van der Waals surface area contributed by atoms with Gasteiger partial charge in [-0.1, -0.05) is 49.7 Å². The summed E-state index contributed by atoms with van der Waals surface area (Å²) in [5, 5.41) is 3.77. The average Bonchev–Trinajstić information content (AvgIpc) is 3.52. The number of thiophene rings is 1. The van der Waals surface area contributed by atoms with E-state index in [2.05, 4.69) is 37.5 Å². The molecule has 0 unspecified atom stereocenters. The zero-order valence-corrected chi connectivity index (χ0v) is 32.1. The first-order valence-corrected chi connectivity index (χ1v) is 19.0. The van der Waals surface area contributed by atoms with Crippen LogP contribution in [0.1, 0.15) is 75.3 Å². The Hall–Kier alpha value is -4.31. The molecule has 6 aromatic rings. The molecule has 0 radical (unpaired) electrons. The first kappa shape index (κ1) is 36.5. The number of halogens is 2. The summed E-state index contributed by atoms with van der Waals surface area (Å²) in [7, 11) is -0.672. The van der Waals surface area contributed by atoms with Crippen LogP contribution in [0.25, 0.3) is 42.4 Å². The first-order valence-electron chi connectivity index (χ1n) is 16.7. The summed E-state index contributed by atoms with van der Waals surface area (Å²) >= 11 is 1.18. The fourth-order valence-corrected chi connectivity index (χ4v) is 9.17. The lowest BCUT2D eigenvalue weighted by molar-refractivity contribution is 0.0739. The lowest BCUT2D eigenvalue weighted by Gasteiger charge is -2.20. The molecule has 6 rings (SSSR count). The van der Waals surface area contributed by atoms with Crippen LogP contribution in [-0.4, -0.2) is 33.8 Å². The minimum Gasteiger partial charge on any atom is -0.366 e. The van der Waals surface area contributed by atoms with E-state index < -0.39 is 32.7 Å². The molecule has 5 aromatic carbocycles. The second kappa shape index (κ2) is 13.0. The van der Waals surface area contributed by atoms with E-state index in [1.165, 1.54) is 11.3 Å². The predicted molar refractivity (Wildman–Crippen MR) is 206 cm³/mol. The van der Waals surface area contributed by atoms with Gasteiger partial charge in [0.05, 0.1) is 4.90 Å². The van der Waals surface area contributed by atoms with Gasteiger partial charge in [0.15, 0.2) is 0 Å². The first-order chi connectivity index (χ1) is 23.9. The number of hydrogen-bond acceptors (Lipinski definition) is 5. The third-order valence-electron chi connectivity index (χ3n) is 9.65. The maximum Gasteiger partial charge on any atom is 0.215 e. The molecule has 0 aliphatic heterocycles. The van der Waals surface area contributed by atoms with Gasteiger partial charge in [0, 0.05) is 57.0 Å². The normalized spacial score (nSPS) is 12.5. The Labute approximate surface area is 302 Å². The van der Waals surface area contributed by atoms with Crippen molar-refractivity contribution in [3.63, 3.8) is 0 Å². The summed E-state index contributed by atoms with van der Waals surface area (Å²) in [6.07, 6.45) is 0. The minimum absolute atomic E-state index is 0.179. The van der Waals surface area contributed by atoms with Gasteiger partial charge in [-0.15, -0.1) is 11.3 Å². The largest absolute Gasteiger partial charge is 0.366 e. The van der Waals surface area contributed by atoms with E-state index in [9.17, 15) is 8.42 Å². The standard InChI is InChI=1S/C43H40F2O4S2/c1-24(2)27-11-13-29(14-12-27)51(46,47)37-22-28-21-32-30(17-19-42(5,6)48-9)38-25(3)40-34(44)15-16-35(45)41(40)26(4)39(38)31(18-20-43(7,8)49-10)33(32)23-36(28)50-37/h11-16,21-24H,1-10H3. The van der Waals surface area contributed by atoms with Crippen LogP contribution in [-0.2, 0) is 19.3 Å². The molecule has 0 saturated carbocycles. The molecule has 51 heavy (non-hydrogen) atoms. The molecule has 262 valence electrons. The predicted octanol–water partition coefficient (Wildman–Crippen LogP) is 10.8. The van der Waals surface area contributed by atoms with Crippen LogP contribution >= 0.6 is 11.3 Å². The van der Waals surface area contributed by atoms with Crippen molar-refractivity contribution >= 4 is 63.6 Å². The van der Waals surface area contributed by atoms with Gasteiger partial charge in [-0.2, -0.15) is 0 Å². The van der Waals surface area contributed by atoms with Crippen LogP contribution in [0, 0.1) is 49.2 Å². The van der Waals surface area contributed by atoms with E-state index in [1.54, 1.807) is 46.3 Å². The maximum absolute atomic E-state index is 15.7. The van der Waals surface area contributed by atoms with Crippen molar-refractivity contribution in [3.8, 4) is 23.7 Å². The summed E-state index contributed by atoms with van der Waals surface area (Å²) in [4.78, 5) is 0.220. The zero-order valence-electron chi connectivity index (χ0n) is 30.5. The van der Waals surface area contributed by atoms with E-state index in [-0.39, 0.29) is 25.8 Å². The molecule has 0 fully saturated rings. The van der Waals surface area contributed by atoms with Crippen LogP contribution in [0.3, 0.4) is 0 Å². The molecule has 0 atom stereocenters. The van der Waals surface area contributed by atoms with Crippen molar-refractivity contribution in [2.24, 2.45) is 0 Å². The number of ether oxygens (including phenoxy) is 2. The molecule has 8 heteroatoms. The molecule has 0 saturated heterocycles. The van der Waals surface area contributed by atoms with Crippen molar-refractivity contribution < 1.29 is 26.7 Å². The third kappa shape index (κ3) is 6.40. The van der Waals surface area contributed by atoms with Gasteiger partial charge in [0.1, 0.15) is 27.0 Å². The Balaban J connectivity index is 1.81. The summed E-state index contributed by atoms with van der Waals surface area (Å²) in [6, 6.07) is 14.9. The van der Waals surface area contributed by atoms with E-state index in [1.807, 2.05) is 52.0 Å². The molecule has 0 aliphatic rings. The smallest absolute Gasteiger partial charge is 0.215 e. The highest BCUT2D eigenvalue weighted by Crippen LogP contribution is 2.44. The van der Waals surface area contributed by atoms with Crippen LogP contribution in [0.5, 0.6) is 0 Å². The molecule has 0 N–H and O–H groups in total. The number of fused-ring (bicyclic) bond motifs is 4. The Morgan fingerprint density at radius 1 is 0.706 bits per heavy atom. The van der Waals surface area contributed by atoms with Crippen molar-refractivity contribution in [3.05, 3.63) is 94.0 Å². The third-order valence-corrected chi connectivity index (χ3v) is 13.0. The SMILES string of the molecule is COC(C)(C)C#Cc1c2cc3cc(S(=O)(=O)c4ccc(C(C)C)cc4)sc3cc2c(C#CC(C)(C)OC)c2c(C)c3c(F)ccc(F)c3c(C)c12. The van der Waals surface area contributed by atoms with Crippen LogP contribution in [0.4, 0.5) is 8.78 Å². The summed E-state index contributed by atoms with van der Waals surface area (Å²) < 4.78 is 71.4. The van der Waals surface area contributed by atoms with E-state index in [0.29, 0.717) is 49.2 Å². The molecule has 0 bridgehead atoms. The molecule has 0 aliphatic carbocycles. The lowest BCUT2D eigenvalue weighted by Crippen LogP contribution is -2.19. The molecule has 0 spiro atoms. The van der Waals surface area contributed by atoms with Gasteiger partial charge >= 0.3 is 0 Å². The van der Waals surface area contributed by atoms with Crippen molar-refractivity contribution in [1.82, 2.24) is 0 Å². The quantitative estimate of drug-likeness (QED) is 0.131. The van der Waals surface area contributed by atoms with Crippen LogP contribution in [0.2, 0.25) is 0 Å². The molecule has 4 nitrogen and oxygen atoms in total. The number of aryl methyl sites for hydroxylation is 2. The van der Waals surface area contributed by atoms with Gasteiger partial charge in [0.25, 0.3) is 0 Å². The second-order valence-corrected chi connectivity index (χ2v) is 17.4. The number of hydrogen-bond donors (Lipinski definition) is 0. The minimum atomic E-state index is -3.83. The molecular formula is C43H40F2O4S2. The Morgan fingerprint density at radius 2 is 1.18 bits per heavy atom. The van der Waals surface area contributed by atoms with Crippen molar-refractivity contribution in [1.29, 1.82) is 0 Å². The second-order valence-electron chi connectivity index (χ2n) is 14.2. The van der Waals surface area contributed by atoms with E-state index >= 15 is 8.78 Å². The Morgan fingerprint density at radius 3 is 1.63 bits per heavy atom. The van der Waals surface area contributed by atoms with E-state index in [4.69, 9.17) is 9.47 Å². The Bertz CT molecular complexity index is 2500. The molecule has 0 amide bonds. The zero-order chi connectivity index (χ0) is 37.2. The maximum atomic E-state index is 15.7. The van der Waals surface area contributed by atoms with Gasteiger partial charge in [-0.25, -0.2) is 17.2 Å². The average molecular weight is 723 g/mol. The highest BCUT2D eigenvalue weighted by molar-refractivity contribution is 7.93. The lowest BCUT2D eigenvalue weighted by atomic mass is 9.83. The number of benzene rings is 5. The summed E-state index contributed by atoms with van der Waals surface area (Å²) in [5.41, 5.74) is 1.64. The number of sulfone groups is 1. The van der Waals surface area contributed by atoms with Crippen molar-refractivity contribution in [2.75, 3.05) is 14.2 Å². The summed E-state index contributed by atoms with van der Waals surface area (Å²) in [6.45, 7) is 15.1. The van der Waals surface area contributed by atoms with Crippen LogP contribution in [0.15, 0.2) is 63.7 Å². The van der Waals surface area contributed by atoms with Crippen LogP contribution < -0.4 is 0 Å². The number of rotatable bonds is 5. The topological polar surface area (TPSA) is 52.6 Å². The highest BCUT2D eigenvalue weighted by Gasteiger charge is 2.26. The monoisotopic (exact) mass is 722 g/mol. The summed E-state index contributed by atoms with van der Waals surface area (Å²) in [5.74, 6) is 12.4. The van der Waals surface area contributed by atoms with Gasteiger partial charge in [-0.05, 0) is 117 Å². The molecular weight excluding hydrogens is 683 g/mol. The molecule has 1 heterocycles. The number of methoxy groups -OCH3 is 2. The Kier molecular flexibility index (Phi) is 9.32. The fraction of sp³-hybridized carbons (Fsp3) is 0.302. The molecule has 1 aromatic heterocycles. The van der Waals surface area contributed by atoms with E-state index in [0.717, 1.165) is 22.4 Å². The highest BCUT2D eigenvalue weighted by atomic mass is 32.2. The van der Waals surface area contributed by atoms with Crippen molar-refractivity contribution in [2.45, 2.75) is 81.6 Å². The van der Waals surface area contributed by atoms with Gasteiger partial charge in [0.2, 0.25) is 9.84 Å². The van der Waals surface area contributed by atoms with Gasteiger partial charge < -0.3 is 9.47 Å².